The standard InChI is InChI=1S/C17H17N3O/c18-15(12-5-2-1-3-6-12)11-20-17(21)14-7-4-8-16-13(14)9-10-19-16/h1-10,15,19H,11,18H2,(H,20,21). The van der Waals surface area contributed by atoms with Gasteiger partial charge in [0.1, 0.15) is 0 Å². The second-order valence-corrected chi connectivity index (χ2v) is 4.97. The topological polar surface area (TPSA) is 70.9 Å². The van der Waals surface area contributed by atoms with Crippen molar-refractivity contribution < 1.29 is 4.79 Å². The number of carbonyl (C=O) groups is 1. The van der Waals surface area contributed by atoms with Gasteiger partial charge >= 0.3 is 0 Å². The zero-order valence-corrected chi connectivity index (χ0v) is 11.5. The molecule has 1 heterocycles. The van der Waals surface area contributed by atoms with Crippen molar-refractivity contribution in [3.8, 4) is 0 Å². The molecular weight excluding hydrogens is 262 g/mol. The smallest absolute Gasteiger partial charge is 0.252 e. The quantitative estimate of drug-likeness (QED) is 0.687. The Bertz CT molecular complexity index is 749. The van der Waals surface area contributed by atoms with E-state index in [0.29, 0.717) is 12.1 Å². The molecular formula is C17H17N3O. The Kier molecular flexibility index (Phi) is 3.71. The van der Waals surface area contributed by atoms with Crippen LogP contribution >= 0.6 is 0 Å². The summed E-state index contributed by atoms with van der Waals surface area (Å²) in [5.74, 6) is -0.105. The molecule has 21 heavy (non-hydrogen) atoms. The van der Waals surface area contributed by atoms with Gasteiger partial charge in [-0.15, -0.1) is 0 Å². The largest absolute Gasteiger partial charge is 0.361 e. The Morgan fingerprint density at radius 3 is 2.71 bits per heavy atom. The van der Waals surface area contributed by atoms with Gasteiger partial charge < -0.3 is 16.0 Å². The minimum Gasteiger partial charge on any atom is -0.361 e. The van der Waals surface area contributed by atoms with E-state index in [4.69, 9.17) is 5.73 Å². The molecule has 0 aliphatic carbocycles. The predicted molar refractivity (Wildman–Crippen MR) is 84.0 cm³/mol. The van der Waals surface area contributed by atoms with E-state index in [1.807, 2.05) is 60.8 Å². The lowest BCUT2D eigenvalue weighted by molar-refractivity contribution is 0.0953. The number of hydrogen-bond donors (Lipinski definition) is 3. The molecule has 3 rings (SSSR count). The Hall–Kier alpha value is -2.59. The minimum absolute atomic E-state index is 0.105. The van der Waals surface area contributed by atoms with Crippen LogP contribution in [-0.4, -0.2) is 17.4 Å². The van der Waals surface area contributed by atoms with Gasteiger partial charge in [-0.1, -0.05) is 36.4 Å². The van der Waals surface area contributed by atoms with Crippen LogP contribution in [0.25, 0.3) is 10.9 Å². The molecule has 1 amide bonds. The number of amides is 1. The number of rotatable bonds is 4. The lowest BCUT2D eigenvalue weighted by Gasteiger charge is -2.13. The van der Waals surface area contributed by atoms with Crippen LogP contribution in [-0.2, 0) is 0 Å². The number of benzene rings is 2. The van der Waals surface area contributed by atoms with E-state index in [1.165, 1.54) is 0 Å². The summed E-state index contributed by atoms with van der Waals surface area (Å²) in [6.45, 7) is 0.406. The van der Waals surface area contributed by atoms with Crippen LogP contribution in [0, 0.1) is 0 Å². The van der Waals surface area contributed by atoms with Crippen molar-refractivity contribution in [2.24, 2.45) is 5.73 Å². The fraction of sp³-hybridized carbons (Fsp3) is 0.118. The fourth-order valence-corrected chi connectivity index (χ4v) is 2.40. The maximum absolute atomic E-state index is 12.3. The third kappa shape index (κ3) is 2.80. The van der Waals surface area contributed by atoms with E-state index in [2.05, 4.69) is 10.3 Å². The monoisotopic (exact) mass is 279 g/mol. The first-order valence-corrected chi connectivity index (χ1v) is 6.90. The van der Waals surface area contributed by atoms with Crippen molar-refractivity contribution in [3.63, 3.8) is 0 Å². The van der Waals surface area contributed by atoms with E-state index in [1.54, 1.807) is 0 Å². The third-order valence-corrected chi connectivity index (χ3v) is 3.55. The second kappa shape index (κ2) is 5.81. The van der Waals surface area contributed by atoms with Crippen molar-refractivity contribution in [2.75, 3.05) is 6.54 Å². The molecule has 4 nitrogen and oxygen atoms in total. The van der Waals surface area contributed by atoms with Gasteiger partial charge in [0.25, 0.3) is 5.91 Å². The molecule has 4 heteroatoms. The Labute approximate surface area is 123 Å². The highest BCUT2D eigenvalue weighted by Gasteiger charge is 2.12. The first-order chi connectivity index (χ1) is 10.3. The number of hydrogen-bond acceptors (Lipinski definition) is 2. The molecule has 1 aromatic heterocycles. The zero-order valence-electron chi connectivity index (χ0n) is 11.5. The molecule has 1 atom stereocenters. The number of carbonyl (C=O) groups excluding carboxylic acids is 1. The van der Waals surface area contributed by atoms with E-state index in [-0.39, 0.29) is 11.9 Å². The fourth-order valence-electron chi connectivity index (χ4n) is 2.40. The highest BCUT2D eigenvalue weighted by atomic mass is 16.1. The molecule has 0 spiro atoms. The molecule has 3 aromatic rings. The Morgan fingerprint density at radius 1 is 1.10 bits per heavy atom. The van der Waals surface area contributed by atoms with Crippen LogP contribution in [0.5, 0.6) is 0 Å². The maximum atomic E-state index is 12.3. The molecule has 1 unspecified atom stereocenters. The summed E-state index contributed by atoms with van der Waals surface area (Å²) < 4.78 is 0. The zero-order chi connectivity index (χ0) is 14.7. The van der Waals surface area contributed by atoms with Gasteiger partial charge in [-0.3, -0.25) is 4.79 Å². The van der Waals surface area contributed by atoms with Gasteiger partial charge in [-0.25, -0.2) is 0 Å². The molecule has 0 bridgehead atoms. The minimum atomic E-state index is -0.208. The van der Waals surface area contributed by atoms with Crippen molar-refractivity contribution in [1.82, 2.24) is 10.3 Å². The predicted octanol–water partition coefficient (Wildman–Crippen LogP) is 2.60. The van der Waals surface area contributed by atoms with Crippen molar-refractivity contribution in [2.45, 2.75) is 6.04 Å². The number of fused-ring (bicyclic) bond motifs is 1. The molecule has 0 aliphatic heterocycles. The van der Waals surface area contributed by atoms with Crippen LogP contribution in [0.1, 0.15) is 22.0 Å². The lowest BCUT2D eigenvalue weighted by Crippen LogP contribution is -2.31. The van der Waals surface area contributed by atoms with Gasteiger partial charge in [0.05, 0.1) is 0 Å². The van der Waals surface area contributed by atoms with Crippen LogP contribution < -0.4 is 11.1 Å². The molecule has 0 saturated heterocycles. The average Bonchev–Trinajstić information content (AvgIpc) is 3.01. The Balaban J connectivity index is 1.71. The van der Waals surface area contributed by atoms with Gasteiger partial charge in [-0.2, -0.15) is 0 Å². The first-order valence-electron chi connectivity index (χ1n) is 6.90. The molecule has 2 aromatic carbocycles. The summed E-state index contributed by atoms with van der Waals surface area (Å²) in [5.41, 5.74) is 8.72. The van der Waals surface area contributed by atoms with Crippen LogP contribution in [0.3, 0.4) is 0 Å². The molecule has 0 saturated carbocycles. The van der Waals surface area contributed by atoms with Gasteiger partial charge in [0.15, 0.2) is 0 Å². The highest BCUT2D eigenvalue weighted by Crippen LogP contribution is 2.17. The number of aromatic nitrogens is 1. The van der Waals surface area contributed by atoms with E-state index in [0.717, 1.165) is 16.5 Å². The van der Waals surface area contributed by atoms with Crippen LogP contribution in [0.2, 0.25) is 0 Å². The summed E-state index contributed by atoms with van der Waals surface area (Å²) in [5, 5.41) is 3.82. The Morgan fingerprint density at radius 2 is 1.90 bits per heavy atom. The SMILES string of the molecule is NC(CNC(=O)c1cccc2[nH]ccc12)c1ccccc1. The highest BCUT2D eigenvalue weighted by molar-refractivity contribution is 6.06. The van der Waals surface area contributed by atoms with Crippen molar-refractivity contribution in [3.05, 3.63) is 71.9 Å². The van der Waals surface area contributed by atoms with Crippen LogP contribution in [0.4, 0.5) is 0 Å². The first kappa shape index (κ1) is 13.4. The summed E-state index contributed by atoms with van der Waals surface area (Å²) in [4.78, 5) is 15.4. The second-order valence-electron chi connectivity index (χ2n) is 4.97. The maximum Gasteiger partial charge on any atom is 0.252 e. The molecule has 0 aliphatic rings. The molecule has 0 radical (unpaired) electrons. The molecule has 0 fully saturated rings. The summed E-state index contributed by atoms with van der Waals surface area (Å²) in [6.07, 6.45) is 1.83. The van der Waals surface area contributed by atoms with Crippen LogP contribution in [0.15, 0.2) is 60.8 Å². The van der Waals surface area contributed by atoms with E-state index in [9.17, 15) is 4.79 Å². The van der Waals surface area contributed by atoms with Gasteiger partial charge in [0.2, 0.25) is 0 Å². The van der Waals surface area contributed by atoms with E-state index >= 15 is 0 Å². The number of aromatic amines is 1. The lowest BCUT2D eigenvalue weighted by atomic mass is 10.1. The summed E-state index contributed by atoms with van der Waals surface area (Å²) in [7, 11) is 0. The van der Waals surface area contributed by atoms with E-state index < -0.39 is 0 Å². The normalized spacial score (nSPS) is 12.2. The molecule has 106 valence electrons. The van der Waals surface area contributed by atoms with Crippen molar-refractivity contribution >= 4 is 16.8 Å². The summed E-state index contributed by atoms with van der Waals surface area (Å²) in [6, 6.07) is 17.1. The average molecular weight is 279 g/mol. The third-order valence-electron chi connectivity index (χ3n) is 3.55. The summed E-state index contributed by atoms with van der Waals surface area (Å²) >= 11 is 0. The molecule has 4 N–H and O–H groups in total. The van der Waals surface area contributed by atoms with Gasteiger partial charge in [-0.05, 0) is 23.8 Å². The van der Waals surface area contributed by atoms with Crippen molar-refractivity contribution in [1.29, 1.82) is 0 Å². The van der Waals surface area contributed by atoms with Gasteiger partial charge in [0, 0.05) is 35.2 Å². The number of nitrogens with one attached hydrogen (secondary N) is 2. The number of H-pyrrole nitrogens is 1. The number of nitrogens with two attached hydrogens (primary N) is 1.